The van der Waals surface area contributed by atoms with E-state index < -0.39 is 0 Å². The number of aryl methyl sites for hydroxylation is 2. The van der Waals surface area contributed by atoms with Crippen LogP contribution in [0.25, 0.3) is 0 Å². The van der Waals surface area contributed by atoms with E-state index in [1.807, 2.05) is 6.92 Å². The van der Waals surface area contributed by atoms with Gasteiger partial charge in [-0.15, -0.1) is 0 Å². The average Bonchev–Trinajstić information content (AvgIpc) is 2.76. The van der Waals surface area contributed by atoms with Crippen molar-refractivity contribution in [2.45, 2.75) is 6.92 Å². The lowest BCUT2D eigenvalue weighted by atomic mass is 10.1. The van der Waals surface area contributed by atoms with E-state index in [2.05, 4.69) is 5.10 Å². The normalized spacial score (nSPS) is 10.3. The second kappa shape index (κ2) is 5.14. The lowest BCUT2D eigenvalue weighted by molar-refractivity contribution is 0.102. The van der Waals surface area contributed by atoms with Gasteiger partial charge in [0.25, 0.3) is 0 Å². The minimum Gasteiger partial charge on any atom is -0.497 e. The van der Waals surface area contributed by atoms with Gasteiger partial charge in [0.2, 0.25) is 5.78 Å². The number of aromatic nitrogens is 2. The Hall–Kier alpha value is -2.30. The molecule has 0 amide bonds. The molecule has 2 aromatic rings. The zero-order valence-corrected chi connectivity index (χ0v) is 11.4. The molecule has 0 N–H and O–H groups in total. The zero-order chi connectivity index (χ0) is 14.0. The molecule has 0 radical (unpaired) electrons. The molecule has 1 aromatic carbocycles. The van der Waals surface area contributed by atoms with Gasteiger partial charge < -0.3 is 9.47 Å². The highest BCUT2D eigenvalue weighted by Gasteiger charge is 2.18. The SMILES string of the molecule is COc1ccc(C(=O)c2cc(C)nn2C)c(OC)c1. The highest BCUT2D eigenvalue weighted by atomic mass is 16.5. The van der Waals surface area contributed by atoms with Gasteiger partial charge >= 0.3 is 0 Å². The summed E-state index contributed by atoms with van der Waals surface area (Å²) in [5, 5.41) is 4.18. The first-order chi connectivity index (χ1) is 9.06. The fourth-order valence-electron chi connectivity index (χ4n) is 1.95. The molecule has 1 heterocycles. The van der Waals surface area contributed by atoms with Gasteiger partial charge in [-0.1, -0.05) is 0 Å². The second-order valence-electron chi connectivity index (χ2n) is 4.19. The summed E-state index contributed by atoms with van der Waals surface area (Å²) < 4.78 is 11.9. The maximum atomic E-state index is 12.5. The lowest BCUT2D eigenvalue weighted by Gasteiger charge is -2.09. The smallest absolute Gasteiger partial charge is 0.214 e. The summed E-state index contributed by atoms with van der Waals surface area (Å²) >= 11 is 0. The Morgan fingerprint density at radius 1 is 1.21 bits per heavy atom. The van der Waals surface area contributed by atoms with Gasteiger partial charge in [-0.25, -0.2) is 0 Å². The number of ether oxygens (including phenoxy) is 2. The monoisotopic (exact) mass is 260 g/mol. The molecule has 0 aliphatic carbocycles. The van der Waals surface area contributed by atoms with Crippen LogP contribution >= 0.6 is 0 Å². The maximum Gasteiger partial charge on any atom is 0.214 e. The number of hydrogen-bond acceptors (Lipinski definition) is 4. The summed E-state index contributed by atoms with van der Waals surface area (Å²) in [6.45, 7) is 1.85. The largest absolute Gasteiger partial charge is 0.497 e. The molecular weight excluding hydrogens is 244 g/mol. The molecule has 100 valence electrons. The van der Waals surface area contributed by atoms with E-state index in [-0.39, 0.29) is 5.78 Å². The fourth-order valence-corrected chi connectivity index (χ4v) is 1.95. The quantitative estimate of drug-likeness (QED) is 0.789. The van der Waals surface area contributed by atoms with E-state index in [9.17, 15) is 4.79 Å². The molecule has 0 spiro atoms. The first-order valence-electron chi connectivity index (χ1n) is 5.84. The number of carbonyl (C=O) groups excluding carboxylic acids is 1. The standard InChI is InChI=1S/C14H16N2O3/c1-9-7-12(16(2)15-9)14(17)11-6-5-10(18-3)8-13(11)19-4/h5-8H,1-4H3. The van der Waals surface area contributed by atoms with E-state index in [4.69, 9.17) is 9.47 Å². The van der Waals surface area contributed by atoms with Crippen molar-refractivity contribution in [2.75, 3.05) is 14.2 Å². The molecule has 0 aliphatic rings. The van der Waals surface area contributed by atoms with Crippen molar-refractivity contribution in [3.8, 4) is 11.5 Å². The third-order valence-corrected chi connectivity index (χ3v) is 2.89. The number of benzene rings is 1. The van der Waals surface area contributed by atoms with E-state index in [1.54, 1.807) is 43.1 Å². The number of rotatable bonds is 4. The van der Waals surface area contributed by atoms with Gasteiger partial charge in [0.15, 0.2) is 0 Å². The predicted octanol–water partition coefficient (Wildman–Crippen LogP) is 1.98. The number of carbonyl (C=O) groups is 1. The molecule has 0 atom stereocenters. The maximum absolute atomic E-state index is 12.5. The van der Waals surface area contributed by atoms with E-state index in [0.29, 0.717) is 22.8 Å². The van der Waals surface area contributed by atoms with Gasteiger partial charge in [0.1, 0.15) is 17.2 Å². The summed E-state index contributed by atoms with van der Waals surface area (Å²) in [7, 11) is 4.84. The molecule has 0 saturated heterocycles. The Labute approximate surface area is 111 Å². The van der Waals surface area contributed by atoms with Crippen molar-refractivity contribution in [1.82, 2.24) is 9.78 Å². The Morgan fingerprint density at radius 2 is 1.95 bits per heavy atom. The third-order valence-electron chi connectivity index (χ3n) is 2.89. The molecule has 19 heavy (non-hydrogen) atoms. The van der Waals surface area contributed by atoms with Crippen molar-refractivity contribution in [2.24, 2.45) is 7.05 Å². The summed E-state index contributed by atoms with van der Waals surface area (Å²) in [4.78, 5) is 12.5. The lowest BCUT2D eigenvalue weighted by Crippen LogP contribution is -2.09. The first-order valence-corrected chi connectivity index (χ1v) is 5.84. The van der Waals surface area contributed by atoms with E-state index >= 15 is 0 Å². The van der Waals surface area contributed by atoms with Crippen molar-refractivity contribution >= 4 is 5.78 Å². The van der Waals surface area contributed by atoms with Crippen molar-refractivity contribution in [1.29, 1.82) is 0 Å². The van der Waals surface area contributed by atoms with Gasteiger partial charge in [-0.05, 0) is 25.1 Å². The zero-order valence-electron chi connectivity index (χ0n) is 11.4. The molecular formula is C14H16N2O3. The fraction of sp³-hybridized carbons (Fsp3) is 0.286. The van der Waals surface area contributed by atoms with Crippen molar-refractivity contribution in [3.63, 3.8) is 0 Å². The molecule has 0 unspecified atom stereocenters. The highest BCUT2D eigenvalue weighted by molar-refractivity contribution is 6.09. The van der Waals surface area contributed by atoms with Crippen LogP contribution in [0, 0.1) is 6.92 Å². The summed E-state index contributed by atoms with van der Waals surface area (Å²) in [6, 6.07) is 6.88. The van der Waals surface area contributed by atoms with Crippen LogP contribution in [0.2, 0.25) is 0 Å². The molecule has 0 fully saturated rings. The number of methoxy groups -OCH3 is 2. The number of hydrogen-bond donors (Lipinski definition) is 0. The van der Waals surface area contributed by atoms with Crippen molar-refractivity contribution < 1.29 is 14.3 Å². The van der Waals surface area contributed by atoms with Gasteiger partial charge in [0, 0.05) is 13.1 Å². The Bertz CT molecular complexity index is 617. The molecule has 0 aliphatic heterocycles. The van der Waals surface area contributed by atoms with Gasteiger partial charge in [0.05, 0.1) is 25.5 Å². The van der Waals surface area contributed by atoms with Crippen LogP contribution in [-0.4, -0.2) is 29.8 Å². The highest BCUT2D eigenvalue weighted by Crippen LogP contribution is 2.26. The third kappa shape index (κ3) is 2.45. The van der Waals surface area contributed by atoms with Crippen LogP contribution in [0.5, 0.6) is 11.5 Å². The van der Waals surface area contributed by atoms with Gasteiger partial charge in [-0.2, -0.15) is 5.10 Å². The molecule has 0 saturated carbocycles. The molecule has 5 heteroatoms. The summed E-state index contributed by atoms with van der Waals surface area (Å²) in [5.41, 5.74) is 1.82. The Morgan fingerprint density at radius 3 is 2.47 bits per heavy atom. The number of ketones is 1. The van der Waals surface area contributed by atoms with E-state index in [0.717, 1.165) is 5.69 Å². The number of nitrogens with zero attached hydrogens (tertiary/aromatic N) is 2. The minimum absolute atomic E-state index is 0.123. The summed E-state index contributed by atoms with van der Waals surface area (Å²) in [6.07, 6.45) is 0. The Kier molecular flexibility index (Phi) is 3.55. The Balaban J connectivity index is 2.46. The van der Waals surface area contributed by atoms with Crippen LogP contribution in [0.1, 0.15) is 21.7 Å². The van der Waals surface area contributed by atoms with Crippen LogP contribution in [0.3, 0.4) is 0 Å². The van der Waals surface area contributed by atoms with Crippen molar-refractivity contribution in [3.05, 3.63) is 41.2 Å². The molecule has 5 nitrogen and oxygen atoms in total. The predicted molar refractivity (Wildman–Crippen MR) is 70.9 cm³/mol. The molecule has 2 rings (SSSR count). The van der Waals surface area contributed by atoms with Gasteiger partial charge in [-0.3, -0.25) is 9.48 Å². The van der Waals surface area contributed by atoms with Crippen LogP contribution < -0.4 is 9.47 Å². The van der Waals surface area contributed by atoms with Crippen LogP contribution in [0.4, 0.5) is 0 Å². The molecule has 1 aromatic heterocycles. The van der Waals surface area contributed by atoms with E-state index in [1.165, 1.54) is 7.11 Å². The minimum atomic E-state index is -0.123. The second-order valence-corrected chi connectivity index (χ2v) is 4.19. The first kappa shape index (κ1) is 13.1. The topological polar surface area (TPSA) is 53.3 Å². The molecule has 0 bridgehead atoms. The van der Waals surface area contributed by atoms with Crippen LogP contribution in [-0.2, 0) is 7.05 Å². The summed E-state index contributed by atoms with van der Waals surface area (Å²) in [5.74, 6) is 1.01. The van der Waals surface area contributed by atoms with Crippen LogP contribution in [0.15, 0.2) is 24.3 Å². The average molecular weight is 260 g/mol.